The molecule has 12 heteroatoms. The number of amides is 3. The van der Waals surface area contributed by atoms with Gasteiger partial charge in [-0.3, -0.25) is 14.4 Å². The molecule has 0 radical (unpaired) electrons. The van der Waals surface area contributed by atoms with Crippen LogP contribution < -0.4 is 10.1 Å². The second-order valence-corrected chi connectivity index (χ2v) is 9.97. The first-order valence-electron chi connectivity index (χ1n) is 12.6. The molecule has 2 aliphatic rings. The lowest BCUT2D eigenvalue weighted by atomic mass is 9.95. The number of nitrogens with one attached hydrogen (secondary N) is 1. The quantitative estimate of drug-likeness (QED) is 0.560. The van der Waals surface area contributed by atoms with Gasteiger partial charge in [0.2, 0.25) is 11.8 Å². The van der Waals surface area contributed by atoms with Gasteiger partial charge in [-0.15, -0.1) is 0 Å². The van der Waals surface area contributed by atoms with E-state index in [4.69, 9.17) is 4.74 Å². The van der Waals surface area contributed by atoms with Crippen molar-refractivity contribution in [2.75, 3.05) is 34.3 Å². The number of ether oxygens (including phenoxy) is 1. The molecule has 1 aliphatic heterocycles. The number of likely N-dealkylation sites (N-methyl/N-ethyl adjacent to an activating group) is 1. The number of carbonyl (C=O) groups is 3. The summed E-state index contributed by atoms with van der Waals surface area (Å²) in [5, 5.41) is 6.70. The minimum Gasteiger partial charge on any atom is -0.497 e. The van der Waals surface area contributed by atoms with Crippen molar-refractivity contribution in [3.8, 4) is 11.4 Å². The van der Waals surface area contributed by atoms with Gasteiger partial charge >= 0.3 is 6.18 Å². The number of rotatable bonds is 8. The van der Waals surface area contributed by atoms with E-state index in [1.54, 1.807) is 26.2 Å². The third-order valence-electron chi connectivity index (χ3n) is 7.17. The van der Waals surface area contributed by atoms with E-state index in [9.17, 15) is 27.6 Å². The minimum absolute atomic E-state index is 0.00127. The Morgan fingerprint density at radius 2 is 1.82 bits per heavy atom. The molecule has 1 aromatic heterocycles. The molecule has 0 unspecified atom stereocenters. The normalized spacial score (nSPS) is 16.8. The second-order valence-electron chi connectivity index (χ2n) is 9.97. The van der Waals surface area contributed by atoms with Crippen molar-refractivity contribution in [2.24, 2.45) is 0 Å². The zero-order valence-electron chi connectivity index (χ0n) is 21.7. The maximum absolute atomic E-state index is 13.8. The number of halogens is 3. The summed E-state index contributed by atoms with van der Waals surface area (Å²) < 4.78 is 47.4. The maximum Gasteiger partial charge on any atom is 0.435 e. The summed E-state index contributed by atoms with van der Waals surface area (Å²) in [5.41, 5.74) is -1.91. The molecule has 38 heavy (non-hydrogen) atoms. The van der Waals surface area contributed by atoms with E-state index < -0.39 is 23.3 Å². The van der Waals surface area contributed by atoms with Crippen molar-refractivity contribution in [3.05, 3.63) is 41.2 Å². The summed E-state index contributed by atoms with van der Waals surface area (Å²) in [6, 6.07) is 6.24. The Bertz CT molecular complexity index is 1200. The van der Waals surface area contributed by atoms with Crippen molar-refractivity contribution in [2.45, 2.75) is 56.7 Å². The molecule has 1 aliphatic carbocycles. The van der Waals surface area contributed by atoms with Gasteiger partial charge in [-0.05, 0) is 49.9 Å². The van der Waals surface area contributed by atoms with Crippen LogP contribution in [-0.4, -0.2) is 77.1 Å². The van der Waals surface area contributed by atoms with E-state index in [0.717, 1.165) is 17.5 Å². The van der Waals surface area contributed by atoms with Crippen molar-refractivity contribution < 1.29 is 32.3 Å². The monoisotopic (exact) mass is 535 g/mol. The number of benzene rings is 1. The molecule has 206 valence electrons. The van der Waals surface area contributed by atoms with E-state index in [2.05, 4.69) is 10.4 Å². The van der Waals surface area contributed by atoms with Gasteiger partial charge in [0.05, 0.1) is 12.8 Å². The number of nitrogens with zero attached hydrogens (tertiary/aromatic N) is 4. The Hall–Kier alpha value is -3.57. The van der Waals surface area contributed by atoms with Crippen LogP contribution in [0.2, 0.25) is 0 Å². The maximum atomic E-state index is 13.8. The number of hydrogen-bond donors (Lipinski definition) is 1. The molecule has 9 nitrogen and oxygen atoms in total. The Morgan fingerprint density at radius 1 is 1.16 bits per heavy atom. The van der Waals surface area contributed by atoms with Crippen LogP contribution in [-0.2, 0) is 22.2 Å². The number of carbonyl (C=O) groups excluding carboxylic acids is 3. The van der Waals surface area contributed by atoms with Crippen LogP contribution in [0.1, 0.15) is 60.3 Å². The number of alkyl halides is 3. The molecule has 0 atom stereocenters. The lowest BCUT2D eigenvalue weighted by molar-refractivity contribution is -0.142. The molecule has 2 aromatic rings. The van der Waals surface area contributed by atoms with E-state index in [1.165, 1.54) is 29.0 Å². The summed E-state index contributed by atoms with van der Waals surface area (Å²) in [4.78, 5) is 41.7. The van der Waals surface area contributed by atoms with Gasteiger partial charge in [-0.1, -0.05) is 12.8 Å². The predicted molar refractivity (Wildman–Crippen MR) is 132 cm³/mol. The molecule has 1 saturated carbocycles. The van der Waals surface area contributed by atoms with Crippen molar-refractivity contribution >= 4 is 17.7 Å². The van der Waals surface area contributed by atoms with Crippen LogP contribution >= 0.6 is 0 Å². The average Bonchev–Trinajstić information content (AvgIpc) is 3.51. The van der Waals surface area contributed by atoms with Crippen molar-refractivity contribution in [3.63, 3.8) is 0 Å². The molecule has 0 bridgehead atoms. The van der Waals surface area contributed by atoms with Gasteiger partial charge in [0.25, 0.3) is 5.91 Å². The van der Waals surface area contributed by atoms with E-state index in [-0.39, 0.29) is 49.0 Å². The molecule has 1 fully saturated rings. The topological polar surface area (TPSA) is 96.8 Å². The first-order valence-corrected chi connectivity index (χ1v) is 12.6. The first kappa shape index (κ1) is 27.5. The third-order valence-corrected chi connectivity index (χ3v) is 7.17. The molecular weight excluding hydrogens is 503 g/mol. The standard InChI is InChI=1S/C26H32F3N5O4/c1-32(2)24(37)25(13-4-5-14-25)30-20(35)7-6-15-33-16-12-19-21(23(33)36)34(31-22(19)26(27,28)29)17-8-10-18(38-3)11-9-17/h8-11H,4-7,12-16H2,1-3H3,(H,30,35). The summed E-state index contributed by atoms with van der Waals surface area (Å²) >= 11 is 0. The second kappa shape index (κ2) is 10.7. The van der Waals surface area contributed by atoms with Gasteiger partial charge in [0.15, 0.2) is 5.69 Å². The van der Waals surface area contributed by atoms with Crippen LogP contribution in [0.4, 0.5) is 13.2 Å². The fourth-order valence-corrected chi connectivity index (χ4v) is 5.32. The summed E-state index contributed by atoms with van der Waals surface area (Å²) in [5.74, 6) is -0.464. The van der Waals surface area contributed by atoms with E-state index in [0.29, 0.717) is 30.7 Å². The highest BCUT2D eigenvalue weighted by Gasteiger charge is 2.44. The highest BCUT2D eigenvalue weighted by molar-refractivity contribution is 5.96. The number of hydrogen-bond acceptors (Lipinski definition) is 5. The number of methoxy groups -OCH3 is 1. The molecule has 0 spiro atoms. The number of fused-ring (bicyclic) bond motifs is 1. The smallest absolute Gasteiger partial charge is 0.435 e. The highest BCUT2D eigenvalue weighted by Crippen LogP contribution is 2.36. The van der Waals surface area contributed by atoms with E-state index >= 15 is 0 Å². The Kier molecular flexibility index (Phi) is 7.70. The summed E-state index contributed by atoms with van der Waals surface area (Å²) in [6.45, 7) is 0.281. The van der Waals surface area contributed by atoms with Gasteiger partial charge in [-0.2, -0.15) is 18.3 Å². The van der Waals surface area contributed by atoms with Gasteiger partial charge in [-0.25, -0.2) is 4.68 Å². The number of aromatic nitrogens is 2. The molecular formula is C26H32F3N5O4. The average molecular weight is 536 g/mol. The van der Waals surface area contributed by atoms with E-state index in [1.807, 2.05) is 0 Å². The third kappa shape index (κ3) is 5.34. The Balaban J connectivity index is 1.47. The van der Waals surface area contributed by atoms with Crippen LogP contribution in [0.25, 0.3) is 5.69 Å². The SMILES string of the molecule is COc1ccc(-n2nc(C(F)(F)F)c3c2C(=O)N(CCCC(=O)NC2(C(=O)N(C)C)CCCC2)CC3)cc1. The highest BCUT2D eigenvalue weighted by atomic mass is 19.4. The lowest BCUT2D eigenvalue weighted by Crippen LogP contribution is -2.56. The fourth-order valence-electron chi connectivity index (χ4n) is 5.32. The zero-order valence-corrected chi connectivity index (χ0v) is 21.7. The Morgan fingerprint density at radius 3 is 2.39 bits per heavy atom. The summed E-state index contributed by atoms with van der Waals surface area (Å²) in [6.07, 6.45) is -1.44. The van der Waals surface area contributed by atoms with Crippen LogP contribution in [0.15, 0.2) is 24.3 Å². The van der Waals surface area contributed by atoms with Crippen molar-refractivity contribution in [1.82, 2.24) is 24.9 Å². The van der Waals surface area contributed by atoms with Gasteiger partial charge in [0, 0.05) is 39.2 Å². The molecule has 1 N–H and O–H groups in total. The fraction of sp³-hybridized carbons (Fsp3) is 0.538. The summed E-state index contributed by atoms with van der Waals surface area (Å²) in [7, 11) is 4.79. The molecule has 3 amide bonds. The molecule has 0 saturated heterocycles. The van der Waals surface area contributed by atoms with Crippen LogP contribution in [0.3, 0.4) is 0 Å². The first-order chi connectivity index (χ1) is 18.0. The minimum atomic E-state index is -4.71. The van der Waals surface area contributed by atoms with Gasteiger partial charge < -0.3 is 19.9 Å². The lowest BCUT2D eigenvalue weighted by Gasteiger charge is -2.32. The largest absolute Gasteiger partial charge is 0.497 e. The Labute approximate surface area is 218 Å². The van der Waals surface area contributed by atoms with Crippen molar-refractivity contribution in [1.29, 1.82) is 0 Å². The molecule has 2 heterocycles. The van der Waals surface area contributed by atoms with Crippen LogP contribution in [0, 0.1) is 0 Å². The van der Waals surface area contributed by atoms with Gasteiger partial charge in [0.1, 0.15) is 17.0 Å². The zero-order chi connectivity index (χ0) is 27.7. The molecule has 4 rings (SSSR count). The van der Waals surface area contributed by atoms with Crippen LogP contribution in [0.5, 0.6) is 5.75 Å². The predicted octanol–water partition coefficient (Wildman–Crippen LogP) is 3.20. The molecule has 1 aromatic carbocycles.